The highest BCUT2D eigenvalue weighted by Crippen LogP contribution is 2.35. The van der Waals surface area contributed by atoms with Crippen molar-refractivity contribution < 1.29 is 14.6 Å². The molecule has 1 atom stereocenters. The molecule has 1 heterocycles. The summed E-state index contributed by atoms with van der Waals surface area (Å²) in [6, 6.07) is 17.6. The van der Waals surface area contributed by atoms with E-state index in [1.54, 1.807) is 17.8 Å². The summed E-state index contributed by atoms with van der Waals surface area (Å²) in [6.07, 6.45) is 6.89. The van der Waals surface area contributed by atoms with Gasteiger partial charge in [-0.15, -0.1) is 11.8 Å². The molecule has 1 aliphatic heterocycles. The fourth-order valence-electron chi connectivity index (χ4n) is 3.55. The molecule has 0 bridgehead atoms. The summed E-state index contributed by atoms with van der Waals surface area (Å²) in [6.45, 7) is 1.45. The number of hydrogen-bond donors (Lipinski definition) is 2. The molecule has 0 aromatic heterocycles. The minimum absolute atomic E-state index is 0.0482. The van der Waals surface area contributed by atoms with E-state index in [1.165, 1.54) is 11.0 Å². The maximum absolute atomic E-state index is 12.4. The first-order valence-electron chi connectivity index (χ1n) is 9.57. The summed E-state index contributed by atoms with van der Waals surface area (Å²) in [5.74, 6) is -0.164. The largest absolute Gasteiger partial charge is 0.383 e. The minimum Gasteiger partial charge on any atom is -0.383 e. The van der Waals surface area contributed by atoms with E-state index in [9.17, 15) is 9.90 Å². The monoisotopic (exact) mass is 397 g/mol. The molecule has 4 nitrogen and oxygen atoms in total. The van der Waals surface area contributed by atoms with E-state index in [4.69, 9.17) is 4.74 Å². The molecule has 0 unspecified atom stereocenters. The molecular formula is C23H27NO3S. The number of nitrogens with one attached hydrogen (secondary N) is 1. The first-order chi connectivity index (χ1) is 13.6. The third kappa shape index (κ3) is 5.25. The topological polar surface area (TPSA) is 58.6 Å². The molecular weight excluding hydrogens is 370 g/mol. The van der Waals surface area contributed by atoms with Gasteiger partial charge in [-0.05, 0) is 54.4 Å². The van der Waals surface area contributed by atoms with Gasteiger partial charge in [-0.2, -0.15) is 0 Å². The third-order valence-corrected chi connectivity index (χ3v) is 5.99. The van der Waals surface area contributed by atoms with Crippen molar-refractivity contribution in [2.45, 2.75) is 23.3 Å². The van der Waals surface area contributed by atoms with Gasteiger partial charge in [-0.25, -0.2) is 0 Å². The molecule has 3 rings (SSSR count). The molecule has 2 N–H and O–H groups in total. The lowest BCUT2D eigenvalue weighted by Gasteiger charge is -2.39. The number of amides is 1. The second-order valence-corrected chi connectivity index (χ2v) is 7.88. The molecule has 148 valence electrons. The SMILES string of the molecule is CSc1ccc(/C=C/C(=O)NC[C@@](O)(c2ccccc2)C2CCOCC2)cc1. The number of carbonyl (C=O) groups is 1. The zero-order valence-electron chi connectivity index (χ0n) is 16.1. The predicted octanol–water partition coefficient (Wildman–Crippen LogP) is 3.85. The quantitative estimate of drug-likeness (QED) is 0.550. The molecule has 0 radical (unpaired) electrons. The first-order valence-corrected chi connectivity index (χ1v) is 10.8. The Morgan fingerprint density at radius 2 is 1.86 bits per heavy atom. The van der Waals surface area contributed by atoms with Crippen molar-refractivity contribution in [1.29, 1.82) is 0 Å². The highest BCUT2D eigenvalue weighted by Gasteiger charge is 2.39. The van der Waals surface area contributed by atoms with E-state index in [1.807, 2.05) is 60.9 Å². The van der Waals surface area contributed by atoms with Crippen LogP contribution in [0, 0.1) is 5.92 Å². The smallest absolute Gasteiger partial charge is 0.244 e. The van der Waals surface area contributed by atoms with Crippen LogP contribution in [0.25, 0.3) is 6.08 Å². The van der Waals surface area contributed by atoms with Gasteiger partial charge >= 0.3 is 0 Å². The lowest BCUT2D eigenvalue weighted by atomic mass is 9.77. The summed E-state index contributed by atoms with van der Waals surface area (Å²) >= 11 is 1.68. The number of rotatable bonds is 7. The zero-order chi connectivity index (χ0) is 19.8. The summed E-state index contributed by atoms with van der Waals surface area (Å²) in [5, 5.41) is 14.4. The fourth-order valence-corrected chi connectivity index (χ4v) is 3.96. The number of thioether (sulfide) groups is 1. The molecule has 2 aromatic rings. The molecule has 0 spiro atoms. The highest BCUT2D eigenvalue weighted by molar-refractivity contribution is 7.98. The Bertz CT molecular complexity index is 785. The van der Waals surface area contributed by atoms with Crippen LogP contribution in [-0.2, 0) is 15.1 Å². The number of carbonyl (C=O) groups excluding carboxylic acids is 1. The maximum Gasteiger partial charge on any atom is 0.244 e. The number of aliphatic hydroxyl groups is 1. The van der Waals surface area contributed by atoms with Crippen LogP contribution in [0.2, 0.25) is 0 Å². The molecule has 0 aliphatic carbocycles. The second-order valence-electron chi connectivity index (χ2n) is 7.00. The van der Waals surface area contributed by atoms with Gasteiger partial charge in [0.2, 0.25) is 5.91 Å². The molecule has 2 aromatic carbocycles. The summed E-state index contributed by atoms with van der Waals surface area (Å²) in [7, 11) is 0. The van der Waals surface area contributed by atoms with Gasteiger partial charge in [-0.3, -0.25) is 4.79 Å². The Morgan fingerprint density at radius 3 is 2.50 bits per heavy atom. The van der Waals surface area contributed by atoms with Gasteiger partial charge in [0.15, 0.2) is 0 Å². The Kier molecular flexibility index (Phi) is 7.31. The van der Waals surface area contributed by atoms with Gasteiger partial charge in [0.05, 0.1) is 6.54 Å². The van der Waals surface area contributed by atoms with Gasteiger partial charge in [0.1, 0.15) is 5.60 Å². The van der Waals surface area contributed by atoms with Crippen LogP contribution >= 0.6 is 11.8 Å². The Balaban J connectivity index is 1.67. The predicted molar refractivity (Wildman–Crippen MR) is 114 cm³/mol. The first kappa shape index (κ1) is 20.6. The van der Waals surface area contributed by atoms with Crippen molar-refractivity contribution in [3.63, 3.8) is 0 Å². The maximum atomic E-state index is 12.4. The van der Waals surface area contributed by atoms with Crippen LogP contribution in [0.3, 0.4) is 0 Å². The Labute approximate surface area is 171 Å². The summed E-state index contributed by atoms with van der Waals surface area (Å²) in [5.41, 5.74) is 0.698. The number of hydrogen-bond acceptors (Lipinski definition) is 4. The number of ether oxygens (including phenoxy) is 1. The Morgan fingerprint density at radius 1 is 1.18 bits per heavy atom. The van der Waals surface area contributed by atoms with Crippen LogP contribution in [0.1, 0.15) is 24.0 Å². The molecule has 0 saturated carbocycles. The van der Waals surface area contributed by atoms with E-state index in [0.717, 1.165) is 24.0 Å². The highest BCUT2D eigenvalue weighted by atomic mass is 32.2. The molecule has 1 saturated heterocycles. The van der Waals surface area contributed by atoms with Crippen LogP contribution in [0.4, 0.5) is 0 Å². The van der Waals surface area contributed by atoms with Crippen molar-refractivity contribution >= 4 is 23.7 Å². The fraction of sp³-hybridized carbons (Fsp3) is 0.348. The van der Waals surface area contributed by atoms with E-state index in [0.29, 0.717) is 13.2 Å². The van der Waals surface area contributed by atoms with Crippen molar-refractivity contribution in [3.05, 3.63) is 71.8 Å². The van der Waals surface area contributed by atoms with E-state index >= 15 is 0 Å². The van der Waals surface area contributed by atoms with Gasteiger partial charge in [0.25, 0.3) is 0 Å². The van der Waals surface area contributed by atoms with E-state index < -0.39 is 5.60 Å². The molecule has 1 amide bonds. The second kappa shape index (κ2) is 9.92. The molecule has 1 fully saturated rings. The average molecular weight is 398 g/mol. The molecule has 28 heavy (non-hydrogen) atoms. The van der Waals surface area contributed by atoms with Crippen LogP contribution in [0.5, 0.6) is 0 Å². The Hall–Kier alpha value is -2.08. The van der Waals surface area contributed by atoms with Crippen molar-refractivity contribution in [2.75, 3.05) is 26.0 Å². The van der Waals surface area contributed by atoms with Crippen molar-refractivity contribution in [2.24, 2.45) is 5.92 Å². The third-order valence-electron chi connectivity index (χ3n) is 5.25. The van der Waals surface area contributed by atoms with Gasteiger partial charge in [0, 0.05) is 24.2 Å². The van der Waals surface area contributed by atoms with Crippen molar-refractivity contribution in [3.8, 4) is 0 Å². The zero-order valence-corrected chi connectivity index (χ0v) is 17.0. The lowest BCUT2D eigenvalue weighted by Crippen LogP contribution is -2.47. The van der Waals surface area contributed by atoms with Crippen molar-refractivity contribution in [1.82, 2.24) is 5.32 Å². The van der Waals surface area contributed by atoms with E-state index in [-0.39, 0.29) is 18.4 Å². The number of benzene rings is 2. The van der Waals surface area contributed by atoms with Crippen LogP contribution < -0.4 is 5.32 Å². The minimum atomic E-state index is -1.10. The molecule has 1 aliphatic rings. The van der Waals surface area contributed by atoms with E-state index in [2.05, 4.69) is 5.32 Å². The summed E-state index contributed by atoms with van der Waals surface area (Å²) in [4.78, 5) is 13.5. The van der Waals surface area contributed by atoms with Crippen LogP contribution in [0.15, 0.2) is 65.6 Å². The van der Waals surface area contributed by atoms with Crippen LogP contribution in [-0.4, -0.2) is 37.0 Å². The van der Waals surface area contributed by atoms with Gasteiger partial charge in [-0.1, -0.05) is 42.5 Å². The molecule has 5 heteroatoms. The normalized spacial score (nSPS) is 17.4. The van der Waals surface area contributed by atoms with Gasteiger partial charge < -0.3 is 15.2 Å². The standard InChI is InChI=1S/C23H27NO3S/c1-28-21-10-7-18(8-11-21)9-12-22(25)24-17-23(26,19-5-3-2-4-6-19)20-13-15-27-16-14-20/h2-12,20,26H,13-17H2,1H3,(H,24,25)/b12-9+/t23-/m1/s1. The average Bonchev–Trinajstić information content (AvgIpc) is 2.77. The summed E-state index contributed by atoms with van der Waals surface area (Å²) < 4.78 is 5.45. The lowest BCUT2D eigenvalue weighted by molar-refractivity contribution is -0.119.